The third-order valence-corrected chi connectivity index (χ3v) is 6.25. The molecule has 0 fully saturated rings. The van der Waals surface area contributed by atoms with Crippen LogP contribution in [0.15, 0.2) is 76.5 Å². The number of anilines is 1. The first-order valence-corrected chi connectivity index (χ1v) is 11.8. The van der Waals surface area contributed by atoms with E-state index in [2.05, 4.69) is 60.6 Å². The molecule has 0 unspecified atom stereocenters. The van der Waals surface area contributed by atoms with Crippen LogP contribution in [0.25, 0.3) is 11.4 Å². The van der Waals surface area contributed by atoms with Crippen molar-refractivity contribution >= 4 is 23.4 Å². The van der Waals surface area contributed by atoms with E-state index >= 15 is 0 Å². The Bertz CT molecular complexity index is 1200. The summed E-state index contributed by atoms with van der Waals surface area (Å²) in [6.45, 7) is 9.08. The van der Waals surface area contributed by atoms with Crippen molar-refractivity contribution in [3.05, 3.63) is 83.8 Å². The van der Waals surface area contributed by atoms with Crippen LogP contribution in [0.5, 0.6) is 0 Å². The Labute approximate surface area is 198 Å². The number of benzene rings is 2. The zero-order chi connectivity index (χ0) is 23.4. The second-order valence-corrected chi connectivity index (χ2v) is 9.94. The Morgan fingerprint density at radius 3 is 2.39 bits per heavy atom. The number of nitrogens with zero attached hydrogens (tertiary/aromatic N) is 3. The molecule has 6 nitrogen and oxygen atoms in total. The van der Waals surface area contributed by atoms with Gasteiger partial charge in [-0.15, -0.1) is 10.2 Å². The van der Waals surface area contributed by atoms with Crippen LogP contribution < -0.4 is 5.32 Å². The van der Waals surface area contributed by atoms with Gasteiger partial charge in [-0.3, -0.25) is 9.36 Å². The van der Waals surface area contributed by atoms with E-state index in [0.717, 1.165) is 28.4 Å². The Kier molecular flexibility index (Phi) is 6.70. The van der Waals surface area contributed by atoms with E-state index < -0.39 is 0 Å². The van der Waals surface area contributed by atoms with Crippen LogP contribution in [0.1, 0.15) is 37.7 Å². The molecule has 1 amide bonds. The van der Waals surface area contributed by atoms with Crippen LogP contribution >= 0.6 is 11.8 Å². The van der Waals surface area contributed by atoms with Gasteiger partial charge in [0, 0.05) is 11.3 Å². The molecule has 0 aliphatic rings. The number of aryl methyl sites for hydroxylation is 1. The fourth-order valence-corrected chi connectivity index (χ4v) is 4.13. The normalized spacial score (nSPS) is 11.5. The van der Waals surface area contributed by atoms with Gasteiger partial charge in [0.1, 0.15) is 5.76 Å². The van der Waals surface area contributed by atoms with Gasteiger partial charge in [-0.1, -0.05) is 74.5 Å². The number of nitrogens with one attached hydrogen (secondary N) is 1. The number of furan rings is 1. The quantitative estimate of drug-likeness (QED) is 0.346. The van der Waals surface area contributed by atoms with Gasteiger partial charge >= 0.3 is 0 Å². The van der Waals surface area contributed by atoms with Crippen molar-refractivity contribution in [3.8, 4) is 11.4 Å². The maximum atomic E-state index is 12.5. The molecule has 7 heteroatoms. The molecule has 0 aliphatic carbocycles. The molecule has 0 spiro atoms. The molecule has 0 radical (unpaired) electrons. The average Bonchev–Trinajstić information content (AvgIpc) is 3.44. The SMILES string of the molecule is Cc1ccc(NC(=O)CSc2nnc(-c3ccc(C(C)(C)C)cc3)n2Cc2ccco2)cc1. The lowest BCUT2D eigenvalue weighted by Gasteiger charge is -2.19. The molecule has 0 aliphatic heterocycles. The summed E-state index contributed by atoms with van der Waals surface area (Å²) < 4.78 is 7.56. The second-order valence-electron chi connectivity index (χ2n) is 9.00. The number of hydrogen-bond acceptors (Lipinski definition) is 5. The maximum absolute atomic E-state index is 12.5. The predicted molar refractivity (Wildman–Crippen MR) is 133 cm³/mol. The zero-order valence-corrected chi connectivity index (χ0v) is 20.1. The van der Waals surface area contributed by atoms with Gasteiger partial charge < -0.3 is 9.73 Å². The molecule has 170 valence electrons. The van der Waals surface area contributed by atoms with Crippen molar-refractivity contribution in [2.75, 3.05) is 11.1 Å². The van der Waals surface area contributed by atoms with Gasteiger partial charge in [-0.2, -0.15) is 0 Å². The fourth-order valence-electron chi connectivity index (χ4n) is 3.39. The van der Waals surface area contributed by atoms with Gasteiger partial charge in [0.25, 0.3) is 0 Å². The van der Waals surface area contributed by atoms with Crippen LogP contribution in [0.4, 0.5) is 5.69 Å². The second kappa shape index (κ2) is 9.67. The zero-order valence-electron chi connectivity index (χ0n) is 19.3. The molecular weight excluding hydrogens is 432 g/mol. The molecule has 2 heterocycles. The van der Waals surface area contributed by atoms with E-state index in [-0.39, 0.29) is 17.1 Å². The van der Waals surface area contributed by atoms with Crippen molar-refractivity contribution in [1.29, 1.82) is 0 Å². The van der Waals surface area contributed by atoms with E-state index in [1.54, 1.807) is 6.26 Å². The number of carbonyl (C=O) groups excluding carboxylic acids is 1. The van der Waals surface area contributed by atoms with Crippen molar-refractivity contribution in [2.24, 2.45) is 0 Å². The Balaban J connectivity index is 1.54. The molecule has 33 heavy (non-hydrogen) atoms. The van der Waals surface area contributed by atoms with Crippen LogP contribution in [0.2, 0.25) is 0 Å². The smallest absolute Gasteiger partial charge is 0.234 e. The van der Waals surface area contributed by atoms with Gasteiger partial charge in [0.2, 0.25) is 5.91 Å². The van der Waals surface area contributed by atoms with Crippen molar-refractivity contribution < 1.29 is 9.21 Å². The largest absolute Gasteiger partial charge is 0.467 e. The van der Waals surface area contributed by atoms with E-state index in [1.165, 1.54) is 17.3 Å². The Morgan fingerprint density at radius 2 is 1.76 bits per heavy atom. The third kappa shape index (κ3) is 5.73. The standard InChI is InChI=1S/C26H28N4O2S/c1-18-7-13-21(14-8-18)27-23(31)17-33-25-29-28-24(30(25)16-22-6-5-15-32-22)19-9-11-20(12-10-19)26(2,3)4/h5-15H,16-17H2,1-4H3,(H,27,31). The topological polar surface area (TPSA) is 73.0 Å². The fraction of sp³-hybridized carbons (Fsp3) is 0.269. The highest BCUT2D eigenvalue weighted by atomic mass is 32.2. The first-order chi connectivity index (χ1) is 15.8. The lowest BCUT2D eigenvalue weighted by Crippen LogP contribution is -2.14. The van der Waals surface area contributed by atoms with Gasteiger partial charge in [-0.25, -0.2) is 0 Å². The molecule has 1 N–H and O–H groups in total. The minimum Gasteiger partial charge on any atom is -0.467 e. The Hall–Kier alpha value is -3.32. The summed E-state index contributed by atoms with van der Waals surface area (Å²) in [5.74, 6) is 1.68. The Morgan fingerprint density at radius 1 is 1.03 bits per heavy atom. The molecule has 0 saturated carbocycles. The van der Waals surface area contributed by atoms with Crippen LogP contribution in [0.3, 0.4) is 0 Å². The number of aromatic nitrogens is 3. The number of rotatable bonds is 7. The maximum Gasteiger partial charge on any atom is 0.234 e. The number of thioether (sulfide) groups is 1. The minimum atomic E-state index is -0.0903. The summed E-state index contributed by atoms with van der Waals surface area (Å²) >= 11 is 1.36. The molecule has 0 atom stereocenters. The number of carbonyl (C=O) groups is 1. The van der Waals surface area contributed by atoms with Crippen molar-refractivity contribution in [2.45, 2.75) is 44.8 Å². The predicted octanol–water partition coefficient (Wildman–Crippen LogP) is 5.92. The number of amides is 1. The molecule has 2 aromatic heterocycles. The summed E-state index contributed by atoms with van der Waals surface area (Å²) in [6, 6.07) is 19.9. The average molecular weight is 461 g/mol. The van der Waals surface area contributed by atoms with Crippen molar-refractivity contribution in [3.63, 3.8) is 0 Å². The lowest BCUT2D eigenvalue weighted by molar-refractivity contribution is -0.113. The molecule has 0 saturated heterocycles. The van der Waals surface area contributed by atoms with E-state index in [4.69, 9.17) is 4.42 Å². The van der Waals surface area contributed by atoms with Gasteiger partial charge in [0.15, 0.2) is 11.0 Å². The van der Waals surface area contributed by atoms with Crippen molar-refractivity contribution in [1.82, 2.24) is 14.8 Å². The highest BCUT2D eigenvalue weighted by Gasteiger charge is 2.19. The third-order valence-electron chi connectivity index (χ3n) is 5.29. The monoisotopic (exact) mass is 460 g/mol. The van der Waals surface area contributed by atoms with Crippen LogP contribution in [-0.4, -0.2) is 26.4 Å². The summed E-state index contributed by atoms with van der Waals surface area (Å²) in [4.78, 5) is 12.5. The van der Waals surface area contributed by atoms with Crippen LogP contribution in [-0.2, 0) is 16.8 Å². The summed E-state index contributed by atoms with van der Waals surface area (Å²) in [7, 11) is 0. The minimum absolute atomic E-state index is 0.0756. The van der Waals surface area contributed by atoms with E-state index in [0.29, 0.717) is 11.7 Å². The molecule has 4 aromatic rings. The highest BCUT2D eigenvalue weighted by Crippen LogP contribution is 2.28. The van der Waals surface area contributed by atoms with Crippen LogP contribution in [0, 0.1) is 6.92 Å². The molecule has 4 rings (SSSR count). The van der Waals surface area contributed by atoms with Gasteiger partial charge in [0.05, 0.1) is 18.6 Å². The summed E-state index contributed by atoms with van der Waals surface area (Å²) in [5, 5.41) is 12.4. The molecule has 0 bridgehead atoms. The van der Waals surface area contributed by atoms with Gasteiger partial charge in [-0.05, 0) is 42.2 Å². The van der Waals surface area contributed by atoms with E-state index in [9.17, 15) is 4.79 Å². The number of hydrogen-bond donors (Lipinski definition) is 1. The first kappa shape index (κ1) is 22.9. The summed E-state index contributed by atoms with van der Waals surface area (Å²) in [6.07, 6.45) is 1.65. The summed E-state index contributed by atoms with van der Waals surface area (Å²) in [5.41, 5.74) is 4.23. The molecule has 2 aromatic carbocycles. The lowest BCUT2D eigenvalue weighted by atomic mass is 9.87. The van der Waals surface area contributed by atoms with E-state index in [1.807, 2.05) is 47.9 Å². The highest BCUT2D eigenvalue weighted by molar-refractivity contribution is 7.99. The first-order valence-electron chi connectivity index (χ1n) is 10.9. The molecular formula is C26H28N4O2S.